The third-order valence-electron chi connectivity index (χ3n) is 9.08. The summed E-state index contributed by atoms with van der Waals surface area (Å²) in [4.78, 5) is 12.0. The van der Waals surface area contributed by atoms with E-state index >= 15 is 0 Å². The van der Waals surface area contributed by atoms with Gasteiger partial charge in [0.25, 0.3) is 0 Å². The first-order chi connectivity index (χ1) is 29.5. The van der Waals surface area contributed by atoms with E-state index in [-0.39, 0.29) is 32.8 Å². The molecule has 62 heavy (non-hydrogen) atoms. The van der Waals surface area contributed by atoms with Gasteiger partial charge >= 0.3 is 43.3 Å². The first-order valence-corrected chi connectivity index (χ1v) is 31.8. The van der Waals surface area contributed by atoms with Crippen molar-refractivity contribution >= 4 is 90.4 Å². The Hall–Kier alpha value is -2.52. The molecular weight excluding hydrogens is 1020 g/mol. The minimum atomic E-state index is -2.03. The topological polar surface area (TPSA) is 130 Å². The Morgan fingerprint density at radius 3 is 1.45 bits per heavy atom. The SMILES string of the molecule is C.CSc1ccc([C@@H](O)[C@H](N)CO)cc1.CSc1ccc([C@H]2OC(c3ccccc3)=N[C@@H]2CO)cc1.FCSc1ccc([C@H]2OC(c3ccccc3)=N[C@@H]2CF)cc1.[Cl][Sb]([Cl])[Cl]. The van der Waals surface area contributed by atoms with Gasteiger partial charge in [-0.2, -0.15) is 0 Å². The van der Waals surface area contributed by atoms with Crippen LogP contribution in [0.25, 0.3) is 0 Å². The van der Waals surface area contributed by atoms with Crippen LogP contribution in [0.3, 0.4) is 0 Å². The maximum atomic E-state index is 13.3. The fourth-order valence-electron chi connectivity index (χ4n) is 5.93. The summed E-state index contributed by atoms with van der Waals surface area (Å²) in [6.07, 6.45) is 2.58. The number of nitrogens with two attached hydrogens (primary N) is 1. The number of hydrogen-bond acceptors (Lipinski definition) is 11. The second-order valence-electron chi connectivity index (χ2n) is 13.0. The van der Waals surface area contributed by atoms with Crippen molar-refractivity contribution in [1.82, 2.24) is 0 Å². The molecule has 2 heterocycles. The fourth-order valence-corrected chi connectivity index (χ4v) is 7.20. The number of aliphatic hydroxyl groups excluding tert-OH is 3. The number of ether oxygens (including phenoxy) is 2. The van der Waals surface area contributed by atoms with Gasteiger partial charge in [0.05, 0.1) is 25.4 Å². The average Bonchev–Trinajstić information content (AvgIpc) is 3.95. The van der Waals surface area contributed by atoms with Crippen LogP contribution < -0.4 is 5.73 Å². The molecule has 5 N–H and O–H groups in total. The van der Waals surface area contributed by atoms with Crippen molar-refractivity contribution in [1.29, 1.82) is 0 Å². The number of alkyl halides is 2. The molecule has 0 spiro atoms. The van der Waals surface area contributed by atoms with Crippen LogP contribution >= 0.6 is 61.8 Å². The molecule has 334 valence electrons. The summed E-state index contributed by atoms with van der Waals surface area (Å²) < 4.78 is 37.4. The Morgan fingerprint density at radius 2 is 1.06 bits per heavy atom. The number of thioether (sulfide) groups is 3. The van der Waals surface area contributed by atoms with Gasteiger partial charge in [0, 0.05) is 25.8 Å². The Kier molecular flexibility index (Phi) is 25.3. The van der Waals surface area contributed by atoms with Crippen molar-refractivity contribution in [2.45, 2.75) is 58.6 Å². The van der Waals surface area contributed by atoms with E-state index in [1.165, 1.54) is 4.90 Å². The summed E-state index contributed by atoms with van der Waals surface area (Å²) >= 11 is 2.43. The number of halogens is 5. The van der Waals surface area contributed by atoms with Crippen LogP contribution in [0.4, 0.5) is 8.78 Å². The van der Waals surface area contributed by atoms with Gasteiger partial charge in [-0.05, 0) is 89.9 Å². The average molecular weight is 1080 g/mol. The molecule has 0 saturated heterocycles. The summed E-state index contributed by atoms with van der Waals surface area (Å²) in [6.45, 7) is -0.821. The molecule has 0 radical (unpaired) electrons. The minimum absolute atomic E-state index is 0. The Morgan fingerprint density at radius 1 is 0.661 bits per heavy atom. The second-order valence-corrected chi connectivity index (χ2v) is 27.1. The summed E-state index contributed by atoms with van der Waals surface area (Å²) in [5.74, 6) is 1.07. The van der Waals surface area contributed by atoms with Crippen LogP contribution in [0.5, 0.6) is 0 Å². The second kappa shape index (κ2) is 29.1. The van der Waals surface area contributed by atoms with Gasteiger partial charge < -0.3 is 30.5 Å². The van der Waals surface area contributed by atoms with Gasteiger partial charge in [0.1, 0.15) is 24.8 Å². The van der Waals surface area contributed by atoms with E-state index in [1.54, 1.807) is 23.5 Å². The molecule has 2 aliphatic rings. The molecule has 5 aromatic rings. The van der Waals surface area contributed by atoms with Crippen molar-refractivity contribution in [3.05, 3.63) is 161 Å². The first-order valence-electron chi connectivity index (χ1n) is 18.7. The van der Waals surface area contributed by atoms with E-state index in [0.29, 0.717) is 11.8 Å². The van der Waals surface area contributed by atoms with Gasteiger partial charge in [-0.1, -0.05) is 92.0 Å². The zero-order valence-corrected chi connectivity index (χ0v) is 40.5. The molecule has 0 saturated carbocycles. The molecule has 0 amide bonds. The Labute approximate surface area is 394 Å². The summed E-state index contributed by atoms with van der Waals surface area (Å²) in [6, 6.07) is 40.4. The van der Waals surface area contributed by atoms with Crippen LogP contribution in [-0.4, -0.2) is 100 Å². The van der Waals surface area contributed by atoms with Gasteiger partial charge in [0.15, 0.2) is 12.2 Å². The van der Waals surface area contributed by atoms with Crippen molar-refractivity contribution in [3.63, 3.8) is 0 Å². The van der Waals surface area contributed by atoms with Crippen LogP contribution in [0.1, 0.15) is 53.6 Å². The van der Waals surface area contributed by atoms with E-state index in [1.807, 2.05) is 134 Å². The number of benzene rings is 5. The van der Waals surface area contributed by atoms with Crippen LogP contribution in [0, 0.1) is 0 Å². The number of aliphatic imine (C=N–C) groups is 2. The number of aliphatic hydroxyl groups is 3. The molecule has 0 bridgehead atoms. The molecule has 7 rings (SSSR count). The quantitative estimate of drug-likeness (QED) is 0.0673. The van der Waals surface area contributed by atoms with Crippen molar-refractivity contribution in [3.8, 4) is 0 Å². The molecule has 6 atom stereocenters. The van der Waals surface area contributed by atoms with Gasteiger partial charge in [0.2, 0.25) is 11.8 Å². The molecule has 5 aromatic carbocycles. The monoisotopic (exact) mass is 1070 g/mol. The third kappa shape index (κ3) is 16.8. The standard InChI is InChI=1S/C17H15F2NOS.C17H17NO2S.C10H15NO2S.CH4.3ClH.Sb/c18-10-15-16(12-6-8-14(9-7-12)22-11-19)21-17(20-15)13-4-2-1-3-5-13;1-21-14-9-7-12(8-10-14)16-15(11-19)18-17(20-16)13-5-3-2-4-6-13;1-14-8-4-2-7(3-5-8)10(13)9(11)6-12;;;;;/h1-9,15-16H,10-11H2;2-10,15-16,19H,11H2,1H3;2-5,9-10,12-13H,6,11H2,1H3;1H4;3*1H;/q;;;;;;;+3/p-3/t2*15-,16-;9-,10-;;;;;/m111...../s1. The first kappa shape index (κ1) is 53.8. The molecule has 2 aliphatic heterocycles. The summed E-state index contributed by atoms with van der Waals surface area (Å²) in [5.41, 5.74) is 9.93. The van der Waals surface area contributed by atoms with E-state index in [4.69, 9.17) is 46.8 Å². The zero-order chi connectivity index (χ0) is 44.1. The van der Waals surface area contributed by atoms with Crippen molar-refractivity contribution in [2.24, 2.45) is 15.7 Å². The molecular formula is C45H51Cl3F2N3O5S3Sb. The summed E-state index contributed by atoms with van der Waals surface area (Å²) in [5, 5.41) is 28.0. The van der Waals surface area contributed by atoms with E-state index in [2.05, 4.69) is 22.1 Å². The van der Waals surface area contributed by atoms with E-state index in [9.17, 15) is 19.0 Å². The molecule has 0 aliphatic carbocycles. The van der Waals surface area contributed by atoms with Crippen LogP contribution in [0.2, 0.25) is 0 Å². The predicted octanol–water partition coefficient (Wildman–Crippen LogP) is 10.9. The van der Waals surface area contributed by atoms with Gasteiger partial charge in [-0.15, -0.1) is 23.5 Å². The predicted molar refractivity (Wildman–Crippen MR) is 259 cm³/mol. The van der Waals surface area contributed by atoms with Crippen LogP contribution in [-0.2, 0) is 9.47 Å². The third-order valence-corrected chi connectivity index (χ3v) is 11.3. The molecule has 8 nitrogen and oxygen atoms in total. The normalized spacial score (nSPS) is 18.4. The van der Waals surface area contributed by atoms with Gasteiger partial charge in [-0.25, -0.2) is 18.8 Å². The molecule has 0 aromatic heterocycles. The van der Waals surface area contributed by atoms with E-state index < -0.39 is 53.8 Å². The summed E-state index contributed by atoms with van der Waals surface area (Å²) in [7, 11) is 15.0. The van der Waals surface area contributed by atoms with Crippen LogP contribution in [0.15, 0.2) is 158 Å². The number of nitrogens with zero attached hydrogens (tertiary/aromatic N) is 2. The maximum absolute atomic E-state index is 13.3. The van der Waals surface area contributed by atoms with Crippen molar-refractivity contribution in [2.75, 3.05) is 38.4 Å². The Balaban J connectivity index is 0.000000241. The zero-order valence-electron chi connectivity index (χ0n) is 33.2. The molecule has 17 heteroatoms. The molecule has 0 fully saturated rings. The fraction of sp³-hybridized carbons (Fsp3) is 0.289. The molecule has 0 unspecified atom stereocenters. The van der Waals surface area contributed by atoms with Gasteiger partial charge in [-0.3, -0.25) is 0 Å². The number of hydrogen-bond donors (Lipinski definition) is 4. The van der Waals surface area contributed by atoms with Crippen molar-refractivity contribution < 1.29 is 33.6 Å². The van der Waals surface area contributed by atoms with E-state index in [0.717, 1.165) is 49.4 Å². The Bertz CT molecular complexity index is 2070. The number of rotatable bonds is 13.